The van der Waals surface area contributed by atoms with Crippen molar-refractivity contribution in [3.8, 4) is 46.1 Å². The minimum atomic E-state index is 0. The zero-order chi connectivity index (χ0) is 31.9. The first-order chi connectivity index (χ1) is 23.7. The summed E-state index contributed by atoms with van der Waals surface area (Å²) in [6, 6.07) is 43.6. The van der Waals surface area contributed by atoms with Crippen molar-refractivity contribution in [1.29, 1.82) is 0 Å². The van der Waals surface area contributed by atoms with Gasteiger partial charge >= 0.3 is 0 Å². The first-order valence-electron chi connectivity index (χ1n) is 15.5. The molecule has 230 valence electrons. The molecule has 6 heterocycles. The first-order valence-corrected chi connectivity index (χ1v) is 15.5. The summed E-state index contributed by atoms with van der Waals surface area (Å²) in [5, 5.41) is 0. The molecule has 0 saturated carbocycles. The molecule has 0 amide bonds. The van der Waals surface area contributed by atoms with E-state index < -0.39 is 0 Å². The van der Waals surface area contributed by atoms with E-state index in [4.69, 9.17) is 9.97 Å². The molecule has 0 aliphatic carbocycles. The quantitative estimate of drug-likeness (QED) is 0.137. The van der Waals surface area contributed by atoms with Crippen molar-refractivity contribution < 1.29 is 19.5 Å². The molecule has 0 spiro atoms. The van der Waals surface area contributed by atoms with Crippen LogP contribution < -0.4 is 0 Å². The molecule has 11 heteroatoms. The number of aromatic amines is 4. The molecule has 6 aromatic heterocycles. The van der Waals surface area contributed by atoms with Crippen LogP contribution in [0.5, 0.6) is 0 Å². The molecule has 10 rings (SSSR count). The van der Waals surface area contributed by atoms with Gasteiger partial charge in [0.05, 0.1) is 44.1 Å². The van der Waals surface area contributed by atoms with Crippen LogP contribution in [0, 0.1) is 0 Å². The number of nitrogens with one attached hydrogen (secondary N) is 4. The molecule has 10 nitrogen and oxygen atoms in total. The van der Waals surface area contributed by atoms with E-state index in [1.807, 2.05) is 133 Å². The van der Waals surface area contributed by atoms with E-state index in [1.54, 1.807) is 0 Å². The van der Waals surface area contributed by atoms with Crippen LogP contribution >= 0.6 is 0 Å². The summed E-state index contributed by atoms with van der Waals surface area (Å²) in [7, 11) is 0. The fourth-order valence-electron chi connectivity index (χ4n) is 5.69. The molecule has 10 aromatic rings. The second-order valence-electron chi connectivity index (χ2n) is 11.2. The van der Waals surface area contributed by atoms with Gasteiger partial charge in [0, 0.05) is 19.5 Å². The Kier molecular flexibility index (Phi) is 7.79. The molecule has 0 unspecified atom stereocenters. The zero-order valence-corrected chi connectivity index (χ0v) is 29.1. The minimum Gasteiger partial charge on any atom is -0.337 e. The van der Waals surface area contributed by atoms with Crippen LogP contribution in [0.15, 0.2) is 133 Å². The van der Waals surface area contributed by atoms with Gasteiger partial charge in [0.15, 0.2) is 23.3 Å². The van der Waals surface area contributed by atoms with Crippen molar-refractivity contribution in [3.05, 3.63) is 133 Å². The Morgan fingerprint density at radius 2 is 0.510 bits per heavy atom. The molecule has 4 N–H and O–H groups in total. The smallest absolute Gasteiger partial charge is 0.157 e. The first kappa shape index (κ1) is 30.0. The van der Waals surface area contributed by atoms with Crippen LogP contribution in [0.25, 0.3) is 90.2 Å². The van der Waals surface area contributed by atoms with Crippen molar-refractivity contribution in [2.24, 2.45) is 0 Å². The molecular weight excluding hydrogens is 662 g/mol. The van der Waals surface area contributed by atoms with Crippen molar-refractivity contribution >= 4 is 44.1 Å². The number of rotatable bonds is 4. The van der Waals surface area contributed by atoms with Crippen LogP contribution in [0.1, 0.15) is 0 Å². The number of hydrogen-bond donors (Lipinski definition) is 4. The van der Waals surface area contributed by atoms with Crippen molar-refractivity contribution in [1.82, 2.24) is 49.8 Å². The van der Waals surface area contributed by atoms with E-state index >= 15 is 0 Å². The normalized spacial score (nSPS) is 11.1. The third-order valence-electron chi connectivity index (χ3n) is 8.03. The molecule has 0 saturated heterocycles. The molecule has 0 fully saturated rings. The monoisotopic (exact) mass is 686 g/mol. The third-order valence-corrected chi connectivity index (χ3v) is 8.03. The maximum atomic E-state index is 4.72. The summed E-state index contributed by atoms with van der Waals surface area (Å²) in [6.07, 6.45) is 0. The van der Waals surface area contributed by atoms with Gasteiger partial charge in [-0.2, -0.15) is 0 Å². The zero-order valence-electron chi connectivity index (χ0n) is 26.1. The van der Waals surface area contributed by atoms with Crippen LogP contribution in [0.3, 0.4) is 0 Å². The Hall–Kier alpha value is -6.32. The van der Waals surface area contributed by atoms with Gasteiger partial charge in [-0.25, -0.2) is 29.9 Å². The van der Waals surface area contributed by atoms with Gasteiger partial charge in [0.1, 0.15) is 22.8 Å². The molecule has 0 aliphatic heterocycles. The topological polar surface area (TPSA) is 140 Å². The second-order valence-corrected chi connectivity index (χ2v) is 11.2. The number of imidazole rings is 4. The minimum absolute atomic E-state index is 0. The van der Waals surface area contributed by atoms with Crippen molar-refractivity contribution in [2.75, 3.05) is 0 Å². The molecule has 0 atom stereocenters. The number of benzene rings is 4. The summed E-state index contributed by atoms with van der Waals surface area (Å²) in [4.78, 5) is 41.1. The number of fused-ring (bicyclic) bond motifs is 4. The molecule has 0 radical (unpaired) electrons. The number of pyridine rings is 2. The van der Waals surface area contributed by atoms with Crippen LogP contribution in [-0.4, -0.2) is 49.8 Å². The molecular formula is C38H26N10Zn. The van der Waals surface area contributed by atoms with Crippen LogP contribution in [0.2, 0.25) is 0 Å². The number of nitrogens with zero attached hydrogens (tertiary/aromatic N) is 6. The average molecular weight is 688 g/mol. The van der Waals surface area contributed by atoms with E-state index in [1.165, 1.54) is 0 Å². The number of hydrogen-bond acceptors (Lipinski definition) is 6. The van der Waals surface area contributed by atoms with E-state index in [2.05, 4.69) is 39.9 Å². The maximum absolute atomic E-state index is 4.72. The molecule has 4 aromatic carbocycles. The van der Waals surface area contributed by atoms with Gasteiger partial charge in [-0.15, -0.1) is 0 Å². The van der Waals surface area contributed by atoms with Gasteiger partial charge in [-0.1, -0.05) is 60.7 Å². The van der Waals surface area contributed by atoms with Gasteiger partial charge in [-0.05, 0) is 72.8 Å². The number of H-pyrrole nitrogens is 4. The fraction of sp³-hybridized carbons (Fsp3) is 0. The molecule has 49 heavy (non-hydrogen) atoms. The summed E-state index contributed by atoms with van der Waals surface area (Å²) in [5.41, 5.74) is 10.9. The molecule has 0 aliphatic rings. The Morgan fingerprint density at radius 1 is 0.265 bits per heavy atom. The largest absolute Gasteiger partial charge is 0.337 e. The van der Waals surface area contributed by atoms with E-state index in [0.29, 0.717) is 0 Å². The van der Waals surface area contributed by atoms with Crippen LogP contribution in [0.4, 0.5) is 0 Å². The molecule has 0 bridgehead atoms. The Morgan fingerprint density at radius 3 is 0.755 bits per heavy atom. The summed E-state index contributed by atoms with van der Waals surface area (Å²) in [6.45, 7) is 0. The Labute approximate surface area is 291 Å². The summed E-state index contributed by atoms with van der Waals surface area (Å²) in [5.74, 6) is 3.03. The number of para-hydroxylation sites is 8. The maximum Gasteiger partial charge on any atom is 0.157 e. The van der Waals surface area contributed by atoms with Gasteiger partial charge in [0.25, 0.3) is 0 Å². The van der Waals surface area contributed by atoms with E-state index in [9.17, 15) is 0 Å². The predicted molar refractivity (Wildman–Crippen MR) is 189 cm³/mol. The second kappa shape index (κ2) is 12.7. The predicted octanol–water partition coefficient (Wildman–Crippen LogP) is 8.33. The SMILES string of the molecule is [Zn].c1cc(-c2nc3ccccc3[nH]2)nc(-c2nc3ccccc3[nH]2)c1.c1cc(-c2nc3ccccc3[nH]2)nc(-c2nc3ccccc3[nH]2)c1. The Bertz CT molecular complexity index is 2220. The number of aromatic nitrogens is 10. The fourth-order valence-corrected chi connectivity index (χ4v) is 5.69. The standard InChI is InChI=1S/2C19H13N5.Zn/c2*1-2-7-13-12(6-1)21-18(22-13)16-10-5-11-17(20-16)19-23-14-8-3-4-9-15(14)24-19;/h2*1-11H,(H,21,22)(H,23,24);. The van der Waals surface area contributed by atoms with Gasteiger partial charge in [-0.3, -0.25) is 0 Å². The van der Waals surface area contributed by atoms with E-state index in [-0.39, 0.29) is 19.5 Å². The summed E-state index contributed by atoms with van der Waals surface area (Å²) >= 11 is 0. The summed E-state index contributed by atoms with van der Waals surface area (Å²) < 4.78 is 0. The van der Waals surface area contributed by atoms with Crippen LogP contribution in [-0.2, 0) is 19.5 Å². The van der Waals surface area contributed by atoms with E-state index in [0.717, 1.165) is 90.2 Å². The van der Waals surface area contributed by atoms with Crippen molar-refractivity contribution in [2.45, 2.75) is 0 Å². The van der Waals surface area contributed by atoms with Gasteiger partial charge in [0.2, 0.25) is 0 Å². The van der Waals surface area contributed by atoms with Gasteiger partial charge < -0.3 is 19.9 Å². The van der Waals surface area contributed by atoms with Crippen molar-refractivity contribution in [3.63, 3.8) is 0 Å². The Balaban J connectivity index is 0.000000139. The third kappa shape index (κ3) is 5.88. The average Bonchev–Trinajstić information content (AvgIpc) is 3.95.